The van der Waals surface area contributed by atoms with Gasteiger partial charge in [-0.05, 0) is 52.4 Å². The van der Waals surface area contributed by atoms with Crippen LogP contribution in [-0.2, 0) is 0 Å². The molecule has 0 radical (unpaired) electrons. The minimum Gasteiger partial charge on any atom is -0.399 e. The Kier molecular flexibility index (Phi) is 2.72. The maximum absolute atomic E-state index is 10.7. The van der Waals surface area contributed by atoms with Gasteiger partial charge in [0, 0.05) is 14.8 Å². The monoisotopic (exact) mass is 281 g/mol. The molecule has 0 aliphatic carbocycles. The predicted octanol–water partition coefficient (Wildman–Crippen LogP) is 2.25. The van der Waals surface area contributed by atoms with E-state index in [1.165, 1.54) is 0 Å². The Labute approximate surface area is 82.9 Å². The molecule has 0 aliphatic rings. The second-order valence-corrected chi connectivity index (χ2v) is 3.64. The van der Waals surface area contributed by atoms with Gasteiger partial charge < -0.3 is 5.73 Å². The fourth-order valence-electron chi connectivity index (χ4n) is 0.726. The molecule has 1 aromatic rings. The lowest BCUT2D eigenvalue weighted by molar-refractivity contribution is 0.108. The molecule has 58 valence electrons. The van der Waals surface area contributed by atoms with E-state index in [0.717, 1.165) is 3.57 Å². The summed E-state index contributed by atoms with van der Waals surface area (Å²) in [5.74, 6) is 0. The van der Waals surface area contributed by atoms with Crippen molar-refractivity contribution in [3.8, 4) is 0 Å². The minimum atomic E-state index is -0.477. The zero-order chi connectivity index (χ0) is 8.43. The summed E-state index contributed by atoms with van der Waals surface area (Å²) in [5, 5.41) is -0.477. The second-order valence-electron chi connectivity index (χ2n) is 2.05. The van der Waals surface area contributed by atoms with Crippen LogP contribution >= 0.6 is 34.2 Å². The molecular formula is C7H5ClINO. The maximum atomic E-state index is 10.7. The highest BCUT2D eigenvalue weighted by atomic mass is 127. The summed E-state index contributed by atoms with van der Waals surface area (Å²) >= 11 is 7.32. The van der Waals surface area contributed by atoms with E-state index in [-0.39, 0.29) is 0 Å². The van der Waals surface area contributed by atoms with Gasteiger partial charge in [0.25, 0.3) is 5.24 Å². The quantitative estimate of drug-likeness (QED) is 0.487. The Morgan fingerprint density at radius 3 is 2.55 bits per heavy atom. The molecule has 2 nitrogen and oxygen atoms in total. The van der Waals surface area contributed by atoms with Crippen molar-refractivity contribution >= 4 is 45.1 Å². The van der Waals surface area contributed by atoms with Crippen LogP contribution in [0.25, 0.3) is 0 Å². The van der Waals surface area contributed by atoms with Gasteiger partial charge in [0.2, 0.25) is 0 Å². The summed E-state index contributed by atoms with van der Waals surface area (Å²) in [6.07, 6.45) is 0. The van der Waals surface area contributed by atoms with Gasteiger partial charge in [0.05, 0.1) is 0 Å². The van der Waals surface area contributed by atoms with Gasteiger partial charge in [-0.2, -0.15) is 0 Å². The Bertz CT molecular complexity index is 280. The number of hydrogen-bond donors (Lipinski definition) is 1. The van der Waals surface area contributed by atoms with E-state index in [1.807, 2.05) is 0 Å². The molecule has 0 amide bonds. The topological polar surface area (TPSA) is 43.1 Å². The van der Waals surface area contributed by atoms with Crippen LogP contribution < -0.4 is 5.73 Å². The molecule has 0 saturated heterocycles. The molecule has 0 saturated carbocycles. The Morgan fingerprint density at radius 2 is 2.09 bits per heavy atom. The van der Waals surface area contributed by atoms with Crippen molar-refractivity contribution in [3.63, 3.8) is 0 Å². The molecule has 0 aliphatic heterocycles. The fourth-order valence-corrected chi connectivity index (χ4v) is 1.53. The Hall–Kier alpha value is -0.290. The fraction of sp³-hybridized carbons (Fsp3) is 0. The SMILES string of the molecule is Nc1cc(I)cc(C(=O)Cl)c1. The summed E-state index contributed by atoms with van der Waals surface area (Å²) in [6.45, 7) is 0. The highest BCUT2D eigenvalue weighted by molar-refractivity contribution is 14.1. The predicted molar refractivity (Wildman–Crippen MR) is 53.8 cm³/mol. The van der Waals surface area contributed by atoms with Crippen LogP contribution in [0.1, 0.15) is 10.4 Å². The van der Waals surface area contributed by atoms with Gasteiger partial charge >= 0.3 is 0 Å². The summed E-state index contributed by atoms with van der Waals surface area (Å²) in [4.78, 5) is 10.7. The van der Waals surface area contributed by atoms with Crippen molar-refractivity contribution < 1.29 is 4.79 Å². The number of rotatable bonds is 1. The van der Waals surface area contributed by atoms with Gasteiger partial charge in [-0.3, -0.25) is 4.79 Å². The van der Waals surface area contributed by atoms with Crippen LogP contribution in [0.2, 0.25) is 0 Å². The number of carbonyl (C=O) groups is 1. The first-order valence-corrected chi connectivity index (χ1v) is 4.31. The maximum Gasteiger partial charge on any atom is 0.252 e. The van der Waals surface area contributed by atoms with Gasteiger partial charge in [0.1, 0.15) is 0 Å². The lowest BCUT2D eigenvalue weighted by Crippen LogP contribution is -1.93. The summed E-state index contributed by atoms with van der Waals surface area (Å²) in [5.41, 5.74) is 6.48. The van der Waals surface area contributed by atoms with Gasteiger partial charge in [-0.15, -0.1) is 0 Å². The molecule has 0 heterocycles. The third-order valence-corrected chi connectivity index (χ3v) is 1.99. The molecule has 0 aromatic heterocycles. The van der Waals surface area contributed by atoms with E-state index in [4.69, 9.17) is 17.3 Å². The van der Waals surface area contributed by atoms with Crippen LogP contribution in [0.3, 0.4) is 0 Å². The van der Waals surface area contributed by atoms with Crippen LogP contribution in [-0.4, -0.2) is 5.24 Å². The zero-order valence-corrected chi connectivity index (χ0v) is 8.39. The van der Waals surface area contributed by atoms with E-state index in [2.05, 4.69) is 22.6 Å². The van der Waals surface area contributed by atoms with Crippen molar-refractivity contribution in [2.75, 3.05) is 5.73 Å². The van der Waals surface area contributed by atoms with Crippen molar-refractivity contribution in [2.24, 2.45) is 0 Å². The number of halogens is 2. The molecule has 0 fully saturated rings. The van der Waals surface area contributed by atoms with Gasteiger partial charge in [-0.25, -0.2) is 0 Å². The number of benzene rings is 1. The summed E-state index contributed by atoms with van der Waals surface area (Å²) in [7, 11) is 0. The van der Waals surface area contributed by atoms with Gasteiger partial charge in [-0.1, -0.05) is 0 Å². The molecule has 1 rings (SSSR count). The third kappa shape index (κ3) is 2.34. The third-order valence-electron chi connectivity index (χ3n) is 1.15. The second kappa shape index (κ2) is 3.40. The first kappa shape index (κ1) is 8.80. The van der Waals surface area contributed by atoms with Crippen LogP contribution in [0, 0.1) is 3.57 Å². The molecule has 0 unspecified atom stereocenters. The van der Waals surface area contributed by atoms with E-state index in [1.54, 1.807) is 18.2 Å². The van der Waals surface area contributed by atoms with E-state index < -0.39 is 5.24 Å². The largest absolute Gasteiger partial charge is 0.399 e. The van der Waals surface area contributed by atoms with Crippen LogP contribution in [0.4, 0.5) is 5.69 Å². The van der Waals surface area contributed by atoms with E-state index in [9.17, 15) is 4.79 Å². The highest BCUT2D eigenvalue weighted by Crippen LogP contribution is 2.15. The van der Waals surface area contributed by atoms with E-state index >= 15 is 0 Å². The standard InChI is InChI=1S/C7H5ClINO/c8-7(11)4-1-5(9)3-6(10)2-4/h1-3H,10H2. The molecule has 11 heavy (non-hydrogen) atoms. The number of nitrogens with two attached hydrogens (primary N) is 1. The van der Waals surface area contributed by atoms with Crippen LogP contribution in [0.15, 0.2) is 18.2 Å². The Balaban J connectivity index is 3.19. The van der Waals surface area contributed by atoms with Crippen LogP contribution in [0.5, 0.6) is 0 Å². The number of hydrogen-bond acceptors (Lipinski definition) is 2. The molecule has 1 aromatic carbocycles. The van der Waals surface area contributed by atoms with Crippen molar-refractivity contribution in [1.82, 2.24) is 0 Å². The molecule has 4 heteroatoms. The molecule has 2 N–H and O–H groups in total. The van der Waals surface area contributed by atoms with Crippen molar-refractivity contribution in [3.05, 3.63) is 27.3 Å². The lowest BCUT2D eigenvalue weighted by Gasteiger charge is -1.97. The van der Waals surface area contributed by atoms with E-state index in [0.29, 0.717) is 11.3 Å². The van der Waals surface area contributed by atoms with Crippen molar-refractivity contribution in [1.29, 1.82) is 0 Å². The molecule has 0 spiro atoms. The normalized spacial score (nSPS) is 9.64. The average Bonchev–Trinajstić information content (AvgIpc) is 1.85. The first-order valence-electron chi connectivity index (χ1n) is 2.85. The smallest absolute Gasteiger partial charge is 0.252 e. The first-order chi connectivity index (χ1) is 5.09. The minimum absolute atomic E-state index is 0.441. The Morgan fingerprint density at radius 1 is 1.45 bits per heavy atom. The number of carbonyl (C=O) groups excluding carboxylic acids is 1. The summed E-state index contributed by atoms with van der Waals surface area (Å²) < 4.78 is 0.909. The molecule has 0 atom stereocenters. The number of nitrogen functional groups attached to an aromatic ring is 1. The lowest BCUT2D eigenvalue weighted by atomic mass is 10.2. The highest BCUT2D eigenvalue weighted by Gasteiger charge is 2.02. The van der Waals surface area contributed by atoms with Crippen molar-refractivity contribution in [2.45, 2.75) is 0 Å². The number of anilines is 1. The molecule has 0 bridgehead atoms. The zero-order valence-electron chi connectivity index (χ0n) is 5.47. The summed E-state index contributed by atoms with van der Waals surface area (Å²) in [6, 6.07) is 5.01. The average molecular weight is 281 g/mol. The molecular weight excluding hydrogens is 276 g/mol. The van der Waals surface area contributed by atoms with Gasteiger partial charge in [0.15, 0.2) is 0 Å².